The predicted octanol–water partition coefficient (Wildman–Crippen LogP) is 4.63. The van der Waals surface area contributed by atoms with E-state index in [-0.39, 0.29) is 11.5 Å². The molecule has 1 atom stereocenters. The van der Waals surface area contributed by atoms with Gasteiger partial charge in [-0.05, 0) is 68.3 Å². The highest BCUT2D eigenvalue weighted by Crippen LogP contribution is 2.28. The molecule has 1 amide bonds. The van der Waals surface area contributed by atoms with Gasteiger partial charge in [0.05, 0.1) is 23.1 Å². The summed E-state index contributed by atoms with van der Waals surface area (Å²) in [6.07, 6.45) is 0. The molecule has 0 aliphatic carbocycles. The van der Waals surface area contributed by atoms with Crippen LogP contribution in [0.1, 0.15) is 18.1 Å². The van der Waals surface area contributed by atoms with E-state index in [0.717, 1.165) is 11.1 Å². The van der Waals surface area contributed by atoms with E-state index in [1.807, 2.05) is 32.0 Å². The summed E-state index contributed by atoms with van der Waals surface area (Å²) >= 11 is 7.38. The minimum Gasteiger partial charge on any atom is -0.495 e. The number of carbonyl (C=O) groups excluding carboxylic acids is 1. The average Bonchev–Trinajstić information content (AvgIpc) is 2.71. The van der Waals surface area contributed by atoms with E-state index >= 15 is 0 Å². The maximum Gasteiger partial charge on any atom is 0.271 e. The van der Waals surface area contributed by atoms with E-state index in [2.05, 4.69) is 10.4 Å². The van der Waals surface area contributed by atoms with Crippen molar-refractivity contribution in [1.29, 1.82) is 0 Å². The number of thioether (sulfide) groups is 1. The standard InChI is InChI=1S/C22H22ClN3O3S/c1-13-5-7-17(11-14(13)2)26-21(27)10-9-20(25-26)30-15(3)22(28)24-16-6-8-19(29-4)18(23)12-16/h5-12,15H,1-4H3,(H,24,28)/t15-/m1/s1. The van der Waals surface area contributed by atoms with Gasteiger partial charge in [-0.25, -0.2) is 0 Å². The van der Waals surface area contributed by atoms with Gasteiger partial charge in [0, 0.05) is 11.8 Å². The van der Waals surface area contributed by atoms with E-state index in [1.54, 1.807) is 31.2 Å². The first-order valence-corrected chi connectivity index (χ1v) is 10.5. The van der Waals surface area contributed by atoms with Crippen LogP contribution in [0.4, 0.5) is 5.69 Å². The first-order valence-electron chi connectivity index (χ1n) is 9.27. The molecule has 0 fully saturated rings. The summed E-state index contributed by atoms with van der Waals surface area (Å²) in [6.45, 7) is 5.77. The zero-order valence-electron chi connectivity index (χ0n) is 17.1. The highest BCUT2D eigenvalue weighted by molar-refractivity contribution is 8.00. The molecular formula is C22H22ClN3O3S. The van der Waals surface area contributed by atoms with Crippen LogP contribution in [0.3, 0.4) is 0 Å². The second-order valence-electron chi connectivity index (χ2n) is 6.79. The molecule has 0 aliphatic rings. The number of amides is 1. The summed E-state index contributed by atoms with van der Waals surface area (Å²) in [5.74, 6) is 0.335. The number of aromatic nitrogens is 2. The molecule has 6 nitrogen and oxygen atoms in total. The maximum atomic E-state index is 12.6. The molecule has 3 aromatic rings. The van der Waals surface area contributed by atoms with Crippen LogP contribution in [-0.2, 0) is 4.79 Å². The number of halogens is 1. The van der Waals surface area contributed by atoms with Gasteiger partial charge in [-0.1, -0.05) is 29.4 Å². The monoisotopic (exact) mass is 443 g/mol. The minimum absolute atomic E-state index is 0.202. The molecule has 0 unspecified atom stereocenters. The normalized spacial score (nSPS) is 11.8. The van der Waals surface area contributed by atoms with E-state index in [1.165, 1.54) is 29.6 Å². The average molecular weight is 444 g/mol. The van der Waals surface area contributed by atoms with Crippen LogP contribution in [0.2, 0.25) is 5.02 Å². The molecule has 2 aromatic carbocycles. The van der Waals surface area contributed by atoms with Gasteiger partial charge in [-0.2, -0.15) is 9.78 Å². The van der Waals surface area contributed by atoms with E-state index in [4.69, 9.17) is 16.3 Å². The minimum atomic E-state index is -0.441. The van der Waals surface area contributed by atoms with Crippen molar-refractivity contribution in [2.45, 2.75) is 31.0 Å². The number of nitrogens with zero attached hydrogens (tertiary/aromatic N) is 2. The van der Waals surface area contributed by atoms with Crippen molar-refractivity contribution in [2.24, 2.45) is 0 Å². The van der Waals surface area contributed by atoms with Crippen LogP contribution in [0, 0.1) is 13.8 Å². The van der Waals surface area contributed by atoms with Crippen molar-refractivity contribution < 1.29 is 9.53 Å². The third-order valence-corrected chi connectivity index (χ3v) is 5.92. The maximum absolute atomic E-state index is 12.6. The molecule has 1 N–H and O–H groups in total. The van der Waals surface area contributed by atoms with E-state index in [9.17, 15) is 9.59 Å². The number of hydrogen-bond acceptors (Lipinski definition) is 5. The predicted molar refractivity (Wildman–Crippen MR) is 121 cm³/mol. The lowest BCUT2D eigenvalue weighted by atomic mass is 10.1. The first kappa shape index (κ1) is 21.9. The zero-order valence-corrected chi connectivity index (χ0v) is 18.7. The summed E-state index contributed by atoms with van der Waals surface area (Å²) in [4.78, 5) is 24.9. The number of ether oxygens (including phenoxy) is 1. The summed E-state index contributed by atoms with van der Waals surface area (Å²) < 4.78 is 6.47. The Hall–Kier alpha value is -2.77. The number of hydrogen-bond donors (Lipinski definition) is 1. The molecule has 0 bridgehead atoms. The van der Waals surface area contributed by atoms with Crippen LogP contribution in [0.15, 0.2) is 58.4 Å². The Bertz CT molecular complexity index is 1150. The zero-order chi connectivity index (χ0) is 21.8. The SMILES string of the molecule is COc1ccc(NC(=O)[C@@H](C)Sc2ccc(=O)n(-c3ccc(C)c(C)c3)n2)cc1Cl. The third-order valence-electron chi connectivity index (χ3n) is 4.60. The van der Waals surface area contributed by atoms with Crippen molar-refractivity contribution in [3.8, 4) is 11.4 Å². The van der Waals surface area contributed by atoms with Gasteiger partial charge in [-0.15, -0.1) is 0 Å². The Morgan fingerprint density at radius 1 is 1.13 bits per heavy atom. The highest BCUT2D eigenvalue weighted by Gasteiger charge is 2.17. The quantitative estimate of drug-likeness (QED) is 0.562. The molecule has 1 heterocycles. The lowest BCUT2D eigenvalue weighted by molar-refractivity contribution is -0.115. The van der Waals surface area contributed by atoms with Gasteiger partial charge in [0.25, 0.3) is 5.56 Å². The topological polar surface area (TPSA) is 73.2 Å². The number of anilines is 1. The molecule has 0 spiro atoms. The molecule has 0 saturated carbocycles. The number of rotatable bonds is 6. The number of carbonyl (C=O) groups is 1. The fourth-order valence-corrected chi connectivity index (χ4v) is 3.78. The van der Waals surface area contributed by atoms with Crippen molar-refractivity contribution in [2.75, 3.05) is 12.4 Å². The van der Waals surface area contributed by atoms with Crippen LogP contribution in [0.5, 0.6) is 5.75 Å². The Labute approximate surface area is 184 Å². The number of methoxy groups -OCH3 is 1. The van der Waals surface area contributed by atoms with Crippen molar-refractivity contribution in [3.63, 3.8) is 0 Å². The van der Waals surface area contributed by atoms with Crippen molar-refractivity contribution >= 4 is 35.0 Å². The van der Waals surface area contributed by atoms with Gasteiger partial charge in [0.15, 0.2) is 0 Å². The molecule has 0 radical (unpaired) electrons. The van der Waals surface area contributed by atoms with Crippen LogP contribution in [0.25, 0.3) is 5.69 Å². The Morgan fingerprint density at radius 3 is 2.57 bits per heavy atom. The summed E-state index contributed by atoms with van der Waals surface area (Å²) in [5, 5.41) is 7.80. The fourth-order valence-electron chi connectivity index (χ4n) is 2.72. The molecule has 156 valence electrons. The third kappa shape index (κ3) is 5.04. The van der Waals surface area contributed by atoms with E-state index in [0.29, 0.717) is 27.2 Å². The molecule has 0 aliphatic heterocycles. The smallest absolute Gasteiger partial charge is 0.271 e. The van der Waals surface area contributed by atoms with Gasteiger partial charge < -0.3 is 10.1 Å². The molecule has 30 heavy (non-hydrogen) atoms. The second kappa shape index (κ2) is 9.36. The van der Waals surface area contributed by atoms with Gasteiger partial charge in [0.2, 0.25) is 5.91 Å². The molecule has 3 rings (SSSR count). The summed E-state index contributed by atoms with van der Waals surface area (Å²) in [7, 11) is 1.53. The Morgan fingerprint density at radius 2 is 1.90 bits per heavy atom. The molecule has 8 heteroatoms. The van der Waals surface area contributed by atoms with E-state index < -0.39 is 5.25 Å². The number of nitrogens with one attached hydrogen (secondary N) is 1. The Balaban J connectivity index is 1.75. The fraction of sp³-hybridized carbons (Fsp3) is 0.227. The van der Waals surface area contributed by atoms with Gasteiger partial charge >= 0.3 is 0 Å². The second-order valence-corrected chi connectivity index (χ2v) is 8.56. The van der Waals surface area contributed by atoms with Gasteiger partial charge in [0.1, 0.15) is 10.8 Å². The summed E-state index contributed by atoms with van der Waals surface area (Å²) in [6, 6.07) is 13.9. The molecule has 1 aromatic heterocycles. The van der Waals surface area contributed by atoms with Crippen LogP contribution < -0.4 is 15.6 Å². The highest BCUT2D eigenvalue weighted by atomic mass is 35.5. The van der Waals surface area contributed by atoms with Crippen molar-refractivity contribution in [1.82, 2.24) is 9.78 Å². The summed E-state index contributed by atoms with van der Waals surface area (Å²) in [5.41, 5.74) is 3.25. The van der Waals surface area contributed by atoms with Crippen molar-refractivity contribution in [3.05, 3.63) is 75.0 Å². The van der Waals surface area contributed by atoms with Crippen LogP contribution >= 0.6 is 23.4 Å². The first-order chi connectivity index (χ1) is 14.3. The lowest BCUT2D eigenvalue weighted by Crippen LogP contribution is -2.24. The van der Waals surface area contributed by atoms with Crippen LogP contribution in [-0.4, -0.2) is 28.0 Å². The lowest BCUT2D eigenvalue weighted by Gasteiger charge is -2.13. The molecular weight excluding hydrogens is 422 g/mol. The van der Waals surface area contributed by atoms with Gasteiger partial charge in [-0.3, -0.25) is 9.59 Å². The largest absolute Gasteiger partial charge is 0.495 e. The Kier molecular flexibility index (Phi) is 6.84. The molecule has 0 saturated heterocycles. The number of aryl methyl sites for hydroxylation is 2. The number of benzene rings is 2.